The molecule has 25 heavy (non-hydrogen) atoms. The van der Waals surface area contributed by atoms with Crippen molar-refractivity contribution in [2.24, 2.45) is 5.10 Å². The quantitative estimate of drug-likeness (QED) is 0.631. The van der Waals surface area contributed by atoms with Crippen LogP contribution in [-0.4, -0.2) is 28.2 Å². The lowest BCUT2D eigenvalue weighted by Crippen LogP contribution is -2.01. The summed E-state index contributed by atoms with van der Waals surface area (Å²) in [6.07, 6.45) is 4.58. The van der Waals surface area contributed by atoms with Gasteiger partial charge in [0.15, 0.2) is 11.5 Å². The van der Waals surface area contributed by atoms with Crippen molar-refractivity contribution in [1.29, 1.82) is 0 Å². The average Bonchev–Trinajstić information content (AvgIpc) is 3.13. The first-order chi connectivity index (χ1) is 12.2. The van der Waals surface area contributed by atoms with Gasteiger partial charge in [-0.3, -0.25) is 0 Å². The highest BCUT2D eigenvalue weighted by Crippen LogP contribution is 2.29. The first kappa shape index (κ1) is 16.9. The molecule has 0 amide bonds. The molecule has 0 aliphatic carbocycles. The van der Waals surface area contributed by atoms with E-state index in [4.69, 9.17) is 21.1 Å². The van der Waals surface area contributed by atoms with Crippen LogP contribution < -0.4 is 9.47 Å². The summed E-state index contributed by atoms with van der Waals surface area (Å²) >= 11 is 6.00. The molecule has 0 atom stereocenters. The maximum absolute atomic E-state index is 13.8. The second-order valence-corrected chi connectivity index (χ2v) is 5.39. The van der Waals surface area contributed by atoms with Gasteiger partial charge in [0, 0.05) is 5.56 Å². The number of aromatic nitrogens is 3. The fourth-order valence-corrected chi connectivity index (χ4v) is 2.31. The molecule has 8 heteroatoms. The Labute approximate surface area is 148 Å². The molecule has 0 N–H and O–H groups in total. The Kier molecular flexibility index (Phi) is 5.25. The third kappa shape index (κ3) is 4.13. The van der Waals surface area contributed by atoms with Gasteiger partial charge in [-0.05, 0) is 35.9 Å². The lowest BCUT2D eigenvalue weighted by Gasteiger charge is -2.12. The Hall–Kier alpha value is -2.93. The summed E-state index contributed by atoms with van der Waals surface area (Å²) in [6.45, 7) is -0.00396. The molecule has 128 valence electrons. The molecular formula is C17H14ClFN4O2. The summed E-state index contributed by atoms with van der Waals surface area (Å²) in [4.78, 5) is 0. The normalized spacial score (nSPS) is 11.0. The van der Waals surface area contributed by atoms with Crippen molar-refractivity contribution in [1.82, 2.24) is 14.9 Å². The van der Waals surface area contributed by atoms with Gasteiger partial charge in [0.1, 0.15) is 25.1 Å². The van der Waals surface area contributed by atoms with Gasteiger partial charge in [0.05, 0.1) is 18.3 Å². The molecule has 3 rings (SSSR count). The Bertz CT molecular complexity index is 864. The van der Waals surface area contributed by atoms with Crippen molar-refractivity contribution in [3.05, 3.63) is 71.0 Å². The average molecular weight is 361 g/mol. The summed E-state index contributed by atoms with van der Waals surface area (Å²) in [5.74, 6) is 0.563. The third-order valence-electron chi connectivity index (χ3n) is 3.37. The molecule has 0 bridgehead atoms. The highest BCUT2D eigenvalue weighted by Gasteiger charge is 2.10. The summed E-state index contributed by atoms with van der Waals surface area (Å²) in [5.41, 5.74) is 1.09. The van der Waals surface area contributed by atoms with Crippen molar-refractivity contribution < 1.29 is 13.9 Å². The topological polar surface area (TPSA) is 61.5 Å². The van der Waals surface area contributed by atoms with Gasteiger partial charge in [-0.1, -0.05) is 17.7 Å². The third-order valence-corrected chi connectivity index (χ3v) is 3.72. The fourth-order valence-electron chi connectivity index (χ4n) is 2.09. The van der Waals surface area contributed by atoms with Crippen LogP contribution in [0.4, 0.5) is 4.39 Å². The van der Waals surface area contributed by atoms with E-state index in [0.29, 0.717) is 22.1 Å². The highest BCUT2D eigenvalue weighted by atomic mass is 35.5. The standard InChI is InChI=1S/C17H14ClFN4O2/c1-24-17-7-12(8-22-23-10-20-21-11-23)5-6-16(17)25-9-13-14(18)3-2-4-15(13)19/h2-8,10-11H,9H2,1H3/b22-8+. The van der Waals surface area contributed by atoms with E-state index in [1.165, 1.54) is 30.5 Å². The van der Waals surface area contributed by atoms with E-state index in [1.807, 2.05) is 0 Å². The van der Waals surface area contributed by atoms with Gasteiger partial charge in [-0.25, -0.2) is 9.07 Å². The highest BCUT2D eigenvalue weighted by molar-refractivity contribution is 6.31. The molecule has 3 aromatic rings. The predicted octanol–water partition coefficient (Wildman–Crippen LogP) is 3.54. The van der Waals surface area contributed by atoms with Gasteiger partial charge in [0.25, 0.3) is 0 Å². The van der Waals surface area contributed by atoms with Crippen molar-refractivity contribution >= 4 is 17.8 Å². The van der Waals surface area contributed by atoms with E-state index in [0.717, 1.165) is 5.56 Å². The van der Waals surface area contributed by atoms with Crippen LogP contribution in [0.25, 0.3) is 0 Å². The van der Waals surface area contributed by atoms with E-state index in [9.17, 15) is 4.39 Å². The zero-order valence-corrected chi connectivity index (χ0v) is 14.0. The second-order valence-electron chi connectivity index (χ2n) is 4.99. The summed E-state index contributed by atoms with van der Waals surface area (Å²) in [6, 6.07) is 9.78. The molecule has 0 saturated carbocycles. The monoisotopic (exact) mass is 360 g/mol. The number of nitrogens with zero attached hydrogens (tertiary/aromatic N) is 4. The van der Waals surface area contributed by atoms with Crippen LogP contribution in [-0.2, 0) is 6.61 Å². The number of benzene rings is 2. The van der Waals surface area contributed by atoms with Crippen molar-refractivity contribution in [3.8, 4) is 11.5 Å². The van der Waals surface area contributed by atoms with Gasteiger partial charge in [-0.15, -0.1) is 10.2 Å². The van der Waals surface area contributed by atoms with Gasteiger partial charge < -0.3 is 9.47 Å². The van der Waals surface area contributed by atoms with Crippen LogP contribution in [0.2, 0.25) is 5.02 Å². The molecule has 0 radical (unpaired) electrons. The number of methoxy groups -OCH3 is 1. The molecule has 1 heterocycles. The van der Waals surface area contributed by atoms with Gasteiger partial charge in [0.2, 0.25) is 0 Å². The first-order valence-corrected chi connectivity index (χ1v) is 7.68. The molecule has 2 aromatic carbocycles. The minimum Gasteiger partial charge on any atom is -0.493 e. The number of halogens is 2. The molecule has 1 aromatic heterocycles. The Balaban J connectivity index is 1.76. The number of hydrogen-bond donors (Lipinski definition) is 0. The van der Waals surface area contributed by atoms with E-state index in [2.05, 4.69) is 15.3 Å². The maximum Gasteiger partial charge on any atom is 0.161 e. The molecule has 0 fully saturated rings. The van der Waals surface area contributed by atoms with Crippen LogP contribution in [0.5, 0.6) is 11.5 Å². The lowest BCUT2D eigenvalue weighted by molar-refractivity contribution is 0.280. The van der Waals surface area contributed by atoms with E-state index in [1.54, 1.807) is 36.5 Å². The van der Waals surface area contributed by atoms with E-state index >= 15 is 0 Å². The smallest absolute Gasteiger partial charge is 0.161 e. The molecule has 0 saturated heterocycles. The molecule has 0 spiro atoms. The summed E-state index contributed by atoms with van der Waals surface area (Å²) < 4.78 is 26.3. The van der Waals surface area contributed by atoms with Crippen LogP contribution >= 0.6 is 11.6 Å². The maximum atomic E-state index is 13.8. The van der Waals surface area contributed by atoms with Crippen molar-refractivity contribution in [3.63, 3.8) is 0 Å². The zero-order chi connectivity index (χ0) is 17.6. The predicted molar refractivity (Wildman–Crippen MR) is 91.8 cm³/mol. The largest absolute Gasteiger partial charge is 0.493 e. The van der Waals surface area contributed by atoms with E-state index in [-0.39, 0.29) is 6.61 Å². The lowest BCUT2D eigenvalue weighted by atomic mass is 10.2. The molecule has 6 nitrogen and oxygen atoms in total. The van der Waals surface area contributed by atoms with Crippen LogP contribution in [0.1, 0.15) is 11.1 Å². The summed E-state index contributed by atoms with van der Waals surface area (Å²) in [5, 5.41) is 11.8. The zero-order valence-electron chi connectivity index (χ0n) is 13.3. The molecule has 0 unspecified atom stereocenters. The first-order valence-electron chi connectivity index (χ1n) is 7.30. The Morgan fingerprint density at radius 2 is 2.00 bits per heavy atom. The number of rotatable bonds is 6. The van der Waals surface area contributed by atoms with Crippen LogP contribution in [0.3, 0.4) is 0 Å². The molecule has 0 aliphatic heterocycles. The van der Waals surface area contributed by atoms with Crippen molar-refractivity contribution in [2.75, 3.05) is 7.11 Å². The van der Waals surface area contributed by atoms with Gasteiger partial charge in [-0.2, -0.15) is 5.10 Å². The fraction of sp³-hybridized carbons (Fsp3) is 0.118. The van der Waals surface area contributed by atoms with Crippen molar-refractivity contribution in [2.45, 2.75) is 6.61 Å². The number of ether oxygens (including phenoxy) is 2. The van der Waals surface area contributed by atoms with E-state index < -0.39 is 5.82 Å². The van der Waals surface area contributed by atoms with Crippen LogP contribution in [0, 0.1) is 5.82 Å². The molecular weight excluding hydrogens is 347 g/mol. The Morgan fingerprint density at radius 1 is 1.20 bits per heavy atom. The minimum absolute atomic E-state index is 0.00396. The van der Waals surface area contributed by atoms with Gasteiger partial charge >= 0.3 is 0 Å². The summed E-state index contributed by atoms with van der Waals surface area (Å²) in [7, 11) is 1.53. The molecule has 0 aliphatic rings. The van der Waals surface area contributed by atoms with Crippen LogP contribution in [0.15, 0.2) is 54.2 Å². The Morgan fingerprint density at radius 3 is 2.72 bits per heavy atom. The number of hydrogen-bond acceptors (Lipinski definition) is 5. The minimum atomic E-state index is -0.413. The second kappa shape index (κ2) is 7.76. The SMILES string of the molecule is COc1cc(/C=N/n2cnnc2)ccc1OCc1c(F)cccc1Cl.